The molecule has 0 spiro atoms. The minimum absolute atomic E-state index is 0.0627. The van der Waals surface area contributed by atoms with Gasteiger partial charge in [-0.25, -0.2) is 14.8 Å². The molecule has 1 fully saturated rings. The highest BCUT2D eigenvalue weighted by atomic mass is 35.5. The van der Waals surface area contributed by atoms with Crippen LogP contribution in [-0.4, -0.2) is 56.7 Å². The smallest absolute Gasteiger partial charge is 0.330 e. The van der Waals surface area contributed by atoms with Crippen molar-refractivity contribution in [1.82, 2.24) is 24.4 Å². The zero-order valence-corrected chi connectivity index (χ0v) is 27.7. The second kappa shape index (κ2) is 13.3. The number of methoxy groups -OCH3 is 1. The Kier molecular flexibility index (Phi) is 9.16. The third kappa shape index (κ3) is 6.15. The van der Waals surface area contributed by atoms with Crippen molar-refractivity contribution in [3.8, 4) is 28.3 Å². The van der Waals surface area contributed by atoms with Crippen LogP contribution in [0.1, 0.15) is 23.2 Å². The number of aromatic nitrogens is 4. The average molecular weight is 657 g/mol. The molecule has 1 saturated heterocycles. The maximum Gasteiger partial charge on any atom is 0.330 e. The summed E-state index contributed by atoms with van der Waals surface area (Å²) in [5, 5.41) is 17.9. The van der Waals surface area contributed by atoms with Gasteiger partial charge in [0.25, 0.3) is 5.56 Å². The monoisotopic (exact) mass is 656 g/mol. The number of hydrogen-bond acceptors (Lipinski definition) is 9. The number of nitrogens with zero attached hydrogens (tertiary/aromatic N) is 4. The first-order valence-corrected chi connectivity index (χ1v) is 15.7. The predicted molar refractivity (Wildman–Crippen MR) is 184 cm³/mol. The number of benzene rings is 2. The molecule has 0 radical (unpaired) electrons. The Labute approximate surface area is 276 Å². The largest absolute Gasteiger partial charge is 0.481 e. The van der Waals surface area contributed by atoms with Crippen LogP contribution in [0.15, 0.2) is 64.2 Å². The number of aryl methyl sites for hydroxylation is 2. The molecule has 244 valence electrons. The number of nitrogens with one attached hydrogen (secondary N) is 2. The van der Waals surface area contributed by atoms with E-state index in [-0.39, 0.29) is 6.04 Å². The zero-order valence-electron chi connectivity index (χ0n) is 26.9. The number of aliphatic hydroxyl groups excluding tert-OH is 1. The van der Waals surface area contributed by atoms with E-state index < -0.39 is 17.4 Å². The van der Waals surface area contributed by atoms with Crippen LogP contribution in [0.5, 0.6) is 5.88 Å². The number of anilines is 2. The van der Waals surface area contributed by atoms with Crippen molar-refractivity contribution in [3.63, 3.8) is 0 Å². The Morgan fingerprint density at radius 1 is 1.02 bits per heavy atom. The molecule has 2 atom stereocenters. The van der Waals surface area contributed by atoms with Gasteiger partial charge in [-0.05, 0) is 49.6 Å². The van der Waals surface area contributed by atoms with E-state index in [0.29, 0.717) is 58.8 Å². The molecular formula is C35H37ClN6O5. The molecule has 11 nitrogen and oxygen atoms in total. The standard InChI is InChI=1S/C35H37ClN6O5/c1-19-16-28-30(34(44)42(4)35(45)41(28)3)32(38-19)39-25-11-7-8-22(20(25)2)23-9-6-10-24(31(23)36)26-13-12-21(33(40-26)46-5)17-37-27-14-15-47-18-29(27)43/h6-13,16,27,29,37,43H,14-15,17-18H2,1-5H3,(H,38,39)/t27-,29+/m1/s1. The Morgan fingerprint density at radius 3 is 2.53 bits per heavy atom. The fourth-order valence-corrected chi connectivity index (χ4v) is 6.39. The van der Waals surface area contributed by atoms with Gasteiger partial charge in [-0.15, -0.1) is 0 Å². The molecule has 12 heteroatoms. The van der Waals surface area contributed by atoms with Gasteiger partial charge in [-0.1, -0.05) is 48.0 Å². The summed E-state index contributed by atoms with van der Waals surface area (Å²) in [6.45, 7) is 5.21. The van der Waals surface area contributed by atoms with E-state index >= 15 is 0 Å². The van der Waals surface area contributed by atoms with E-state index in [1.54, 1.807) is 20.2 Å². The molecule has 4 heterocycles. The van der Waals surface area contributed by atoms with Gasteiger partial charge in [0.15, 0.2) is 0 Å². The van der Waals surface area contributed by atoms with Gasteiger partial charge in [0.05, 0.1) is 36.1 Å². The van der Waals surface area contributed by atoms with Crippen molar-refractivity contribution >= 4 is 34.0 Å². The number of aliphatic hydroxyl groups is 1. The van der Waals surface area contributed by atoms with Crippen LogP contribution in [0.4, 0.5) is 11.5 Å². The van der Waals surface area contributed by atoms with E-state index in [2.05, 4.69) is 15.6 Å². The molecule has 3 aromatic heterocycles. The van der Waals surface area contributed by atoms with Crippen LogP contribution < -0.4 is 26.6 Å². The molecule has 0 amide bonds. The minimum Gasteiger partial charge on any atom is -0.481 e. The van der Waals surface area contributed by atoms with Crippen LogP contribution in [0.3, 0.4) is 0 Å². The molecular weight excluding hydrogens is 620 g/mol. The normalized spacial score (nSPS) is 16.4. The number of ether oxygens (including phenoxy) is 2. The van der Waals surface area contributed by atoms with E-state index in [1.165, 1.54) is 11.6 Å². The average Bonchev–Trinajstić information content (AvgIpc) is 3.07. The van der Waals surface area contributed by atoms with Gasteiger partial charge >= 0.3 is 5.69 Å². The summed E-state index contributed by atoms with van der Waals surface area (Å²) in [4.78, 5) is 35.3. The van der Waals surface area contributed by atoms with E-state index in [9.17, 15) is 14.7 Å². The van der Waals surface area contributed by atoms with Crippen LogP contribution >= 0.6 is 11.6 Å². The summed E-state index contributed by atoms with van der Waals surface area (Å²) in [5.41, 5.74) is 5.95. The summed E-state index contributed by atoms with van der Waals surface area (Å²) < 4.78 is 13.5. The quantitative estimate of drug-likeness (QED) is 0.219. The fourth-order valence-electron chi connectivity index (χ4n) is 6.07. The van der Waals surface area contributed by atoms with Gasteiger partial charge in [0, 0.05) is 61.4 Å². The second-order valence-electron chi connectivity index (χ2n) is 11.8. The molecule has 0 aliphatic carbocycles. The highest BCUT2D eigenvalue weighted by Crippen LogP contribution is 2.40. The number of fused-ring (bicyclic) bond motifs is 1. The summed E-state index contributed by atoms with van der Waals surface area (Å²) in [6.07, 6.45) is 0.168. The Balaban J connectivity index is 1.34. The molecule has 3 N–H and O–H groups in total. The van der Waals surface area contributed by atoms with Gasteiger partial charge < -0.3 is 25.2 Å². The van der Waals surface area contributed by atoms with Gasteiger partial charge in [-0.3, -0.25) is 13.9 Å². The van der Waals surface area contributed by atoms with Crippen molar-refractivity contribution in [3.05, 3.63) is 97.3 Å². The molecule has 0 saturated carbocycles. The number of rotatable bonds is 8. The summed E-state index contributed by atoms with van der Waals surface area (Å²) in [7, 11) is 4.68. The minimum atomic E-state index is -0.560. The van der Waals surface area contributed by atoms with E-state index in [1.807, 2.05) is 62.4 Å². The number of pyridine rings is 2. The molecule has 6 rings (SSSR count). The third-order valence-electron chi connectivity index (χ3n) is 8.75. The van der Waals surface area contributed by atoms with Crippen molar-refractivity contribution < 1.29 is 14.6 Å². The van der Waals surface area contributed by atoms with Crippen LogP contribution in [0.2, 0.25) is 5.02 Å². The number of halogens is 1. The van der Waals surface area contributed by atoms with Gasteiger partial charge in [0.1, 0.15) is 11.2 Å². The highest BCUT2D eigenvalue weighted by Gasteiger charge is 2.24. The molecule has 0 bridgehead atoms. The molecule has 2 aromatic carbocycles. The maximum absolute atomic E-state index is 13.2. The lowest BCUT2D eigenvalue weighted by molar-refractivity contribution is -0.0281. The Hall–Kier alpha value is -4.55. The van der Waals surface area contributed by atoms with Crippen molar-refractivity contribution in [2.75, 3.05) is 25.6 Å². The van der Waals surface area contributed by atoms with Crippen LogP contribution in [0.25, 0.3) is 33.3 Å². The summed E-state index contributed by atoms with van der Waals surface area (Å²) >= 11 is 7.10. The second-order valence-corrected chi connectivity index (χ2v) is 12.1. The first-order valence-electron chi connectivity index (χ1n) is 15.4. The fraction of sp³-hybridized carbons (Fsp3) is 0.314. The van der Waals surface area contributed by atoms with E-state index in [4.69, 9.17) is 26.1 Å². The van der Waals surface area contributed by atoms with Crippen LogP contribution in [0, 0.1) is 13.8 Å². The predicted octanol–water partition coefficient (Wildman–Crippen LogP) is 4.62. The van der Waals surface area contributed by atoms with Gasteiger partial charge in [0.2, 0.25) is 5.88 Å². The molecule has 0 unspecified atom stereocenters. The number of hydrogen-bond donors (Lipinski definition) is 3. The summed E-state index contributed by atoms with van der Waals surface area (Å²) in [6, 6.07) is 17.2. The maximum atomic E-state index is 13.2. The highest BCUT2D eigenvalue weighted by molar-refractivity contribution is 6.36. The lowest BCUT2D eigenvalue weighted by atomic mass is 9.96. The first-order chi connectivity index (χ1) is 22.6. The van der Waals surface area contributed by atoms with Crippen molar-refractivity contribution in [1.29, 1.82) is 0 Å². The summed E-state index contributed by atoms with van der Waals surface area (Å²) in [5.74, 6) is 0.843. The van der Waals surface area contributed by atoms with E-state index in [0.717, 1.165) is 44.5 Å². The lowest BCUT2D eigenvalue weighted by Gasteiger charge is -2.28. The Bertz CT molecular complexity index is 2110. The third-order valence-corrected chi connectivity index (χ3v) is 9.15. The lowest BCUT2D eigenvalue weighted by Crippen LogP contribution is -2.46. The topological polar surface area (TPSA) is 133 Å². The Morgan fingerprint density at radius 2 is 1.77 bits per heavy atom. The zero-order chi connectivity index (χ0) is 33.4. The molecule has 1 aliphatic heterocycles. The van der Waals surface area contributed by atoms with Crippen molar-refractivity contribution in [2.45, 2.75) is 39.0 Å². The first kappa shape index (κ1) is 32.4. The van der Waals surface area contributed by atoms with Crippen LogP contribution in [-0.2, 0) is 25.4 Å². The van der Waals surface area contributed by atoms with Gasteiger partial charge in [-0.2, -0.15) is 0 Å². The molecule has 1 aliphatic rings. The molecule has 47 heavy (non-hydrogen) atoms. The van der Waals surface area contributed by atoms with Crippen molar-refractivity contribution in [2.24, 2.45) is 14.1 Å². The molecule has 5 aromatic rings. The SMILES string of the molecule is COc1nc(-c2cccc(-c3cccc(Nc4nc(C)cc5c4c(=O)n(C)c(=O)n5C)c3C)c2Cl)ccc1CN[C@@H]1CCOC[C@@H]1O.